The summed E-state index contributed by atoms with van der Waals surface area (Å²) in [5.74, 6) is -0.410. The van der Waals surface area contributed by atoms with Crippen LogP contribution in [0, 0.1) is 0 Å². The minimum absolute atomic E-state index is 0.000972. The number of piperidine rings is 1. The summed E-state index contributed by atoms with van der Waals surface area (Å²) in [5, 5.41) is 2.89. The number of hydrogen-bond donors (Lipinski definition) is 1. The van der Waals surface area contributed by atoms with Gasteiger partial charge in [-0.15, -0.1) is 0 Å². The second-order valence-corrected chi connectivity index (χ2v) is 4.67. The lowest BCUT2D eigenvalue weighted by molar-refractivity contribution is -0.181. The second kappa shape index (κ2) is 6.36. The van der Waals surface area contributed by atoms with Crippen molar-refractivity contribution in [3.05, 3.63) is 0 Å². The van der Waals surface area contributed by atoms with Crippen LogP contribution in [0.15, 0.2) is 0 Å². The number of nitrogens with zero attached hydrogens (tertiary/aromatic N) is 1. The van der Waals surface area contributed by atoms with E-state index in [-0.39, 0.29) is 6.03 Å². The van der Waals surface area contributed by atoms with Crippen molar-refractivity contribution in [2.24, 2.45) is 0 Å². The van der Waals surface area contributed by atoms with Gasteiger partial charge in [0.05, 0.1) is 13.2 Å². The van der Waals surface area contributed by atoms with Crippen molar-refractivity contribution in [3.63, 3.8) is 0 Å². The Morgan fingerprint density at radius 1 is 1.33 bits per heavy atom. The number of carbonyl (C=O) groups is 1. The highest BCUT2D eigenvalue weighted by molar-refractivity contribution is 5.74. The molecule has 104 valence electrons. The Morgan fingerprint density at radius 3 is 2.61 bits per heavy atom. The Hall–Kier alpha value is -0.850. The second-order valence-electron chi connectivity index (χ2n) is 4.67. The van der Waals surface area contributed by atoms with Gasteiger partial charge in [-0.3, -0.25) is 0 Å². The van der Waals surface area contributed by atoms with Gasteiger partial charge in [-0.25, -0.2) is 4.79 Å². The first-order valence-corrected chi connectivity index (χ1v) is 6.55. The lowest BCUT2D eigenvalue weighted by Crippen LogP contribution is -2.50. The molecule has 0 aromatic rings. The van der Waals surface area contributed by atoms with Gasteiger partial charge in [0, 0.05) is 46.2 Å². The normalized spacial score (nSPS) is 22.4. The SMILES string of the molecule is COCCCNC(=O)N1CCC2(CC1)OCCO2. The zero-order valence-electron chi connectivity index (χ0n) is 10.9. The summed E-state index contributed by atoms with van der Waals surface area (Å²) < 4.78 is 16.2. The number of methoxy groups -OCH3 is 1. The van der Waals surface area contributed by atoms with Gasteiger partial charge in [-0.05, 0) is 6.42 Å². The maximum Gasteiger partial charge on any atom is 0.317 e. The number of ether oxygens (including phenoxy) is 3. The molecule has 1 spiro atoms. The van der Waals surface area contributed by atoms with Gasteiger partial charge in [0.15, 0.2) is 5.79 Å². The molecule has 0 atom stereocenters. The first-order chi connectivity index (χ1) is 8.76. The molecule has 0 aliphatic carbocycles. The number of nitrogens with one attached hydrogen (secondary N) is 1. The Kier molecular flexibility index (Phi) is 4.79. The molecule has 6 heteroatoms. The highest BCUT2D eigenvalue weighted by Crippen LogP contribution is 2.31. The molecule has 2 fully saturated rings. The van der Waals surface area contributed by atoms with Crippen LogP contribution in [0.4, 0.5) is 4.79 Å². The Bertz CT molecular complexity index is 269. The summed E-state index contributed by atoms with van der Waals surface area (Å²) in [7, 11) is 1.66. The van der Waals surface area contributed by atoms with E-state index in [1.165, 1.54) is 0 Å². The largest absolute Gasteiger partial charge is 0.385 e. The molecular formula is C12H22N2O4. The van der Waals surface area contributed by atoms with E-state index >= 15 is 0 Å². The molecule has 6 nitrogen and oxygen atoms in total. The van der Waals surface area contributed by atoms with E-state index in [0.717, 1.165) is 19.3 Å². The molecule has 2 amide bonds. The number of hydrogen-bond acceptors (Lipinski definition) is 4. The van der Waals surface area contributed by atoms with Crippen molar-refractivity contribution in [3.8, 4) is 0 Å². The molecule has 18 heavy (non-hydrogen) atoms. The van der Waals surface area contributed by atoms with Crippen LogP contribution >= 0.6 is 0 Å². The van der Waals surface area contributed by atoms with E-state index in [4.69, 9.17) is 14.2 Å². The number of likely N-dealkylation sites (tertiary alicyclic amines) is 1. The first-order valence-electron chi connectivity index (χ1n) is 6.55. The quantitative estimate of drug-likeness (QED) is 0.749. The van der Waals surface area contributed by atoms with Gasteiger partial charge >= 0.3 is 6.03 Å². The molecule has 0 bridgehead atoms. The lowest BCUT2D eigenvalue weighted by atomic mass is 10.0. The van der Waals surface area contributed by atoms with Crippen molar-refractivity contribution < 1.29 is 19.0 Å². The third-order valence-corrected chi connectivity index (χ3v) is 3.43. The van der Waals surface area contributed by atoms with Crippen molar-refractivity contribution >= 4 is 6.03 Å². The highest BCUT2D eigenvalue weighted by atomic mass is 16.7. The molecule has 2 aliphatic heterocycles. The van der Waals surface area contributed by atoms with Crippen molar-refractivity contribution in [1.82, 2.24) is 10.2 Å². The number of rotatable bonds is 4. The molecule has 0 saturated carbocycles. The summed E-state index contributed by atoms with van der Waals surface area (Å²) in [6.45, 7) is 4.05. The molecule has 1 N–H and O–H groups in total. The third kappa shape index (κ3) is 3.34. The van der Waals surface area contributed by atoms with Crippen molar-refractivity contribution in [1.29, 1.82) is 0 Å². The van der Waals surface area contributed by atoms with Gasteiger partial charge < -0.3 is 24.4 Å². The summed E-state index contributed by atoms with van der Waals surface area (Å²) in [6.07, 6.45) is 2.36. The molecule has 0 aromatic heterocycles. The van der Waals surface area contributed by atoms with Gasteiger partial charge in [0.1, 0.15) is 0 Å². The summed E-state index contributed by atoms with van der Waals surface area (Å²) in [5.41, 5.74) is 0. The number of amides is 2. The molecule has 2 heterocycles. The van der Waals surface area contributed by atoms with E-state index < -0.39 is 5.79 Å². The zero-order valence-corrected chi connectivity index (χ0v) is 10.9. The van der Waals surface area contributed by atoms with Gasteiger partial charge in [-0.1, -0.05) is 0 Å². The summed E-state index contributed by atoms with van der Waals surface area (Å²) >= 11 is 0. The predicted molar refractivity (Wildman–Crippen MR) is 65.3 cm³/mol. The fraction of sp³-hybridized carbons (Fsp3) is 0.917. The maximum atomic E-state index is 11.9. The third-order valence-electron chi connectivity index (χ3n) is 3.43. The molecule has 2 aliphatic rings. The maximum absolute atomic E-state index is 11.9. The lowest BCUT2D eigenvalue weighted by Gasteiger charge is -2.37. The van der Waals surface area contributed by atoms with E-state index in [2.05, 4.69) is 5.32 Å². The van der Waals surface area contributed by atoms with Crippen LogP contribution in [0.25, 0.3) is 0 Å². The molecule has 2 rings (SSSR count). The Balaban J connectivity index is 1.67. The van der Waals surface area contributed by atoms with Crippen LogP contribution in [0.5, 0.6) is 0 Å². The zero-order chi connectivity index (χ0) is 12.8. The summed E-state index contributed by atoms with van der Waals surface area (Å²) in [6, 6.07) is -0.000972. The topological polar surface area (TPSA) is 60.0 Å². The van der Waals surface area contributed by atoms with E-state index in [1.54, 1.807) is 7.11 Å². The van der Waals surface area contributed by atoms with Crippen LogP contribution in [0.1, 0.15) is 19.3 Å². The average molecular weight is 258 g/mol. The van der Waals surface area contributed by atoms with Gasteiger partial charge in [-0.2, -0.15) is 0 Å². The van der Waals surface area contributed by atoms with E-state index in [0.29, 0.717) is 39.5 Å². The predicted octanol–water partition coefficient (Wildman–Crippen LogP) is 0.571. The number of carbonyl (C=O) groups excluding carboxylic acids is 1. The average Bonchev–Trinajstić information content (AvgIpc) is 2.84. The first kappa shape index (κ1) is 13.6. The molecule has 0 radical (unpaired) electrons. The Morgan fingerprint density at radius 2 is 2.00 bits per heavy atom. The van der Waals surface area contributed by atoms with E-state index in [1.807, 2.05) is 4.90 Å². The van der Waals surface area contributed by atoms with Crippen LogP contribution in [0.2, 0.25) is 0 Å². The van der Waals surface area contributed by atoms with Gasteiger partial charge in [0.25, 0.3) is 0 Å². The van der Waals surface area contributed by atoms with Crippen molar-refractivity contribution in [2.75, 3.05) is 46.6 Å². The van der Waals surface area contributed by atoms with Crippen molar-refractivity contribution in [2.45, 2.75) is 25.0 Å². The van der Waals surface area contributed by atoms with Crippen LogP contribution in [-0.2, 0) is 14.2 Å². The minimum Gasteiger partial charge on any atom is -0.385 e. The summed E-state index contributed by atoms with van der Waals surface area (Å²) in [4.78, 5) is 13.7. The monoisotopic (exact) mass is 258 g/mol. The highest BCUT2D eigenvalue weighted by Gasteiger charge is 2.40. The fourth-order valence-corrected chi connectivity index (χ4v) is 2.36. The molecule has 2 saturated heterocycles. The Labute approximate surface area is 108 Å². The fourth-order valence-electron chi connectivity index (χ4n) is 2.36. The van der Waals surface area contributed by atoms with Gasteiger partial charge in [0.2, 0.25) is 0 Å². The van der Waals surface area contributed by atoms with Crippen LogP contribution in [0.3, 0.4) is 0 Å². The van der Waals surface area contributed by atoms with E-state index in [9.17, 15) is 4.79 Å². The number of urea groups is 1. The minimum atomic E-state index is -0.410. The molecule has 0 aromatic carbocycles. The van der Waals surface area contributed by atoms with Crippen LogP contribution < -0.4 is 5.32 Å². The van der Waals surface area contributed by atoms with Crippen LogP contribution in [-0.4, -0.2) is 63.3 Å². The molecule has 0 unspecified atom stereocenters. The smallest absolute Gasteiger partial charge is 0.317 e. The standard InChI is InChI=1S/C12H22N2O4/c1-16-8-2-5-13-11(15)14-6-3-12(4-7-14)17-9-10-18-12/h2-10H2,1H3,(H,13,15). The molecular weight excluding hydrogens is 236 g/mol.